The van der Waals surface area contributed by atoms with E-state index in [2.05, 4.69) is 20.9 Å². The van der Waals surface area contributed by atoms with Crippen molar-refractivity contribution in [1.29, 1.82) is 0 Å². The molecule has 8 heavy (non-hydrogen) atoms. The van der Waals surface area contributed by atoms with E-state index in [0.29, 0.717) is 0 Å². The summed E-state index contributed by atoms with van der Waals surface area (Å²) in [7, 11) is 1.72. The molecule has 0 aromatic rings. The Morgan fingerprint density at radius 3 is 2.38 bits per heavy atom. The summed E-state index contributed by atoms with van der Waals surface area (Å²) in [6, 6.07) is 0. The Kier molecular flexibility index (Phi) is 3.52. The van der Waals surface area contributed by atoms with Crippen LogP contribution in [0.5, 0.6) is 0 Å². The second kappa shape index (κ2) is 3.66. The summed E-state index contributed by atoms with van der Waals surface area (Å²) in [5, 5.41) is 0. The summed E-state index contributed by atoms with van der Waals surface area (Å²) in [4.78, 5) is 3.88. The first-order valence-electron chi connectivity index (χ1n) is 2.23. The van der Waals surface area contributed by atoms with Crippen molar-refractivity contribution in [2.75, 3.05) is 7.05 Å². The lowest BCUT2D eigenvalue weighted by Crippen LogP contribution is -1.92. The van der Waals surface area contributed by atoms with Crippen LogP contribution in [0.15, 0.2) is 15.7 Å². The van der Waals surface area contributed by atoms with Gasteiger partial charge in [0.15, 0.2) is 0 Å². The van der Waals surface area contributed by atoms with Crippen LogP contribution in [0.2, 0.25) is 0 Å². The predicted molar refractivity (Wildman–Crippen MR) is 40.2 cm³/mol. The fraction of sp³-hybridized carbons (Fsp3) is 0.400. The minimum Gasteiger partial charge on any atom is -0.404 e. The normalized spacial score (nSPS) is 14.4. The number of hydrogen-bond donors (Lipinski definition) is 1. The molecule has 2 N–H and O–H groups in total. The second-order valence-corrected chi connectivity index (χ2v) is 2.18. The molecule has 0 atom stereocenters. The smallest absolute Gasteiger partial charge is 0.0537 e. The van der Waals surface area contributed by atoms with Gasteiger partial charge in [-0.3, -0.25) is 4.99 Å². The van der Waals surface area contributed by atoms with Gasteiger partial charge in [0.2, 0.25) is 0 Å². The summed E-state index contributed by atoms with van der Waals surface area (Å²) >= 11 is 3.21. The van der Waals surface area contributed by atoms with Crippen LogP contribution >= 0.6 is 15.9 Å². The van der Waals surface area contributed by atoms with Crippen molar-refractivity contribution >= 4 is 21.6 Å². The molecule has 0 unspecified atom stereocenters. The largest absolute Gasteiger partial charge is 0.404 e. The standard InChI is InChI=1S/C5H9BrN2/c1-4(8-2)5(6)3-7/h3H,7H2,1-2H3. The third-order valence-corrected chi connectivity index (χ3v) is 1.67. The van der Waals surface area contributed by atoms with E-state index >= 15 is 0 Å². The minimum absolute atomic E-state index is 0.847. The van der Waals surface area contributed by atoms with Crippen LogP contribution in [0.25, 0.3) is 0 Å². The molecular weight excluding hydrogens is 168 g/mol. The summed E-state index contributed by atoms with van der Waals surface area (Å²) in [6.07, 6.45) is 1.47. The van der Waals surface area contributed by atoms with Crippen LogP contribution in [-0.2, 0) is 0 Å². The molecule has 0 aliphatic heterocycles. The van der Waals surface area contributed by atoms with Crippen molar-refractivity contribution in [3.63, 3.8) is 0 Å². The van der Waals surface area contributed by atoms with Gasteiger partial charge >= 0.3 is 0 Å². The number of allylic oxidation sites excluding steroid dienone is 1. The molecule has 3 heteroatoms. The first kappa shape index (κ1) is 7.69. The Bertz CT molecular complexity index is 110. The van der Waals surface area contributed by atoms with Crippen molar-refractivity contribution < 1.29 is 0 Å². The lowest BCUT2D eigenvalue weighted by molar-refractivity contribution is 1.42. The molecule has 0 heterocycles. The molecule has 46 valence electrons. The van der Waals surface area contributed by atoms with Crippen molar-refractivity contribution in [1.82, 2.24) is 0 Å². The number of aliphatic imine (C=N–C) groups is 1. The van der Waals surface area contributed by atoms with Gasteiger partial charge in [-0.05, 0) is 22.9 Å². The average molecular weight is 177 g/mol. The third kappa shape index (κ3) is 2.12. The van der Waals surface area contributed by atoms with E-state index in [1.54, 1.807) is 7.05 Å². The van der Waals surface area contributed by atoms with Crippen LogP contribution in [0.1, 0.15) is 6.92 Å². The van der Waals surface area contributed by atoms with Crippen LogP contribution < -0.4 is 5.73 Å². The highest BCUT2D eigenvalue weighted by Crippen LogP contribution is 2.03. The molecule has 0 aliphatic rings. The van der Waals surface area contributed by atoms with Crippen molar-refractivity contribution in [2.45, 2.75) is 6.92 Å². The van der Waals surface area contributed by atoms with E-state index in [0.717, 1.165) is 10.2 Å². The van der Waals surface area contributed by atoms with Gasteiger partial charge in [-0.15, -0.1) is 0 Å². The lowest BCUT2D eigenvalue weighted by Gasteiger charge is -1.91. The number of rotatable bonds is 1. The molecule has 0 radical (unpaired) electrons. The van der Waals surface area contributed by atoms with Crippen molar-refractivity contribution in [3.8, 4) is 0 Å². The average Bonchev–Trinajstić information content (AvgIpc) is 1.84. The molecule has 0 fully saturated rings. The van der Waals surface area contributed by atoms with Crippen LogP contribution in [0.3, 0.4) is 0 Å². The van der Waals surface area contributed by atoms with Gasteiger partial charge in [0.25, 0.3) is 0 Å². The molecule has 0 aromatic carbocycles. The molecule has 2 nitrogen and oxygen atoms in total. The summed E-state index contributed by atoms with van der Waals surface area (Å²) in [6.45, 7) is 1.88. The highest BCUT2D eigenvalue weighted by molar-refractivity contribution is 9.12. The number of nitrogens with two attached hydrogens (primary N) is 1. The van der Waals surface area contributed by atoms with Gasteiger partial charge in [0, 0.05) is 19.0 Å². The summed E-state index contributed by atoms with van der Waals surface area (Å²) in [5.74, 6) is 0. The SMILES string of the molecule is CN=C(C)C(Br)=CN. The number of hydrogen-bond acceptors (Lipinski definition) is 2. The quantitative estimate of drug-likeness (QED) is 0.601. The van der Waals surface area contributed by atoms with Gasteiger partial charge in [-0.1, -0.05) is 0 Å². The Morgan fingerprint density at radius 2 is 2.25 bits per heavy atom. The highest BCUT2D eigenvalue weighted by atomic mass is 79.9. The Hall–Kier alpha value is -0.310. The monoisotopic (exact) mass is 176 g/mol. The Morgan fingerprint density at radius 1 is 1.75 bits per heavy atom. The minimum atomic E-state index is 0.847. The Labute approximate surface area is 57.6 Å². The molecular formula is C5H9BrN2. The summed E-state index contributed by atoms with van der Waals surface area (Å²) in [5.41, 5.74) is 6.07. The van der Waals surface area contributed by atoms with Crippen LogP contribution in [0.4, 0.5) is 0 Å². The molecule has 0 saturated heterocycles. The fourth-order valence-corrected chi connectivity index (χ4v) is 0.405. The zero-order valence-electron chi connectivity index (χ0n) is 4.98. The number of halogens is 1. The van der Waals surface area contributed by atoms with Gasteiger partial charge in [0.05, 0.1) is 4.48 Å². The molecule has 0 amide bonds. The van der Waals surface area contributed by atoms with Gasteiger partial charge in [-0.2, -0.15) is 0 Å². The number of nitrogens with zero attached hydrogens (tertiary/aromatic N) is 1. The maximum Gasteiger partial charge on any atom is 0.0537 e. The predicted octanol–water partition coefficient (Wildman–Crippen LogP) is 1.27. The van der Waals surface area contributed by atoms with E-state index in [-0.39, 0.29) is 0 Å². The molecule has 0 rings (SSSR count). The van der Waals surface area contributed by atoms with Gasteiger partial charge in [0.1, 0.15) is 0 Å². The zero-order valence-corrected chi connectivity index (χ0v) is 6.57. The molecule has 0 aromatic heterocycles. The van der Waals surface area contributed by atoms with Crippen LogP contribution in [-0.4, -0.2) is 12.8 Å². The first-order valence-corrected chi connectivity index (χ1v) is 3.02. The first-order chi connectivity index (χ1) is 3.72. The molecule has 0 aliphatic carbocycles. The second-order valence-electron chi connectivity index (χ2n) is 1.32. The van der Waals surface area contributed by atoms with Crippen molar-refractivity contribution in [3.05, 3.63) is 10.7 Å². The highest BCUT2D eigenvalue weighted by Gasteiger charge is 1.90. The fourth-order valence-electron chi connectivity index (χ4n) is 0.227. The van der Waals surface area contributed by atoms with E-state index < -0.39 is 0 Å². The maximum atomic E-state index is 5.16. The van der Waals surface area contributed by atoms with E-state index in [4.69, 9.17) is 5.73 Å². The van der Waals surface area contributed by atoms with E-state index in [9.17, 15) is 0 Å². The molecule has 0 bridgehead atoms. The van der Waals surface area contributed by atoms with E-state index in [1.165, 1.54) is 6.20 Å². The summed E-state index contributed by atoms with van der Waals surface area (Å²) < 4.78 is 0.847. The maximum absolute atomic E-state index is 5.16. The Balaban J connectivity index is 4.04. The van der Waals surface area contributed by atoms with E-state index in [1.807, 2.05) is 6.92 Å². The zero-order chi connectivity index (χ0) is 6.57. The third-order valence-electron chi connectivity index (χ3n) is 0.827. The molecule has 0 spiro atoms. The van der Waals surface area contributed by atoms with Gasteiger partial charge < -0.3 is 5.73 Å². The van der Waals surface area contributed by atoms with Crippen LogP contribution in [0, 0.1) is 0 Å². The van der Waals surface area contributed by atoms with Crippen molar-refractivity contribution in [2.24, 2.45) is 10.7 Å². The topological polar surface area (TPSA) is 38.4 Å². The molecule has 0 saturated carbocycles. The lowest BCUT2D eigenvalue weighted by atomic mass is 10.4. The van der Waals surface area contributed by atoms with Gasteiger partial charge in [-0.25, -0.2) is 0 Å².